The van der Waals surface area contributed by atoms with Crippen molar-refractivity contribution in [3.05, 3.63) is 84.9 Å². The van der Waals surface area contributed by atoms with Gasteiger partial charge < -0.3 is 10.3 Å². The molecule has 8 heteroatoms. The van der Waals surface area contributed by atoms with Gasteiger partial charge in [-0.2, -0.15) is 5.10 Å². The molecule has 3 N–H and O–H groups in total. The van der Waals surface area contributed by atoms with E-state index < -0.39 is 0 Å². The van der Waals surface area contributed by atoms with Crippen LogP contribution in [-0.2, 0) is 4.79 Å². The minimum Gasteiger partial charge on any atom is -0.337 e. The highest BCUT2D eigenvalue weighted by Crippen LogP contribution is 2.34. The number of carbonyl (C=O) groups is 1. The molecule has 1 aliphatic carbocycles. The predicted octanol–water partition coefficient (Wildman–Crippen LogP) is 6.32. The Morgan fingerprint density at radius 2 is 1.76 bits per heavy atom. The Morgan fingerprint density at radius 3 is 2.59 bits per heavy atom. The predicted molar refractivity (Wildman–Crippen MR) is 141 cm³/mol. The van der Waals surface area contributed by atoms with Gasteiger partial charge in [-0.15, -0.1) is 0 Å². The standard InChI is InChI=1S/C29H21FN6O/c30-20-9-6-16(7-10-20)22-2-1-3-25-26(22)34-28(33-25)27-23-13-18(8-11-24(23)35-36-27)19-12-21(15-31-14-19)32-29(37)17-4-5-17/h1-3,6-15,17H,4-5H2,(H,32,37)(H,33,34)(H,35,36). The van der Waals surface area contributed by atoms with Crippen molar-refractivity contribution in [2.24, 2.45) is 5.92 Å². The lowest BCUT2D eigenvalue weighted by Gasteiger charge is -2.07. The van der Waals surface area contributed by atoms with E-state index in [0.29, 0.717) is 17.2 Å². The zero-order chi connectivity index (χ0) is 24.9. The lowest BCUT2D eigenvalue weighted by atomic mass is 10.0. The molecule has 1 amide bonds. The van der Waals surface area contributed by atoms with Crippen molar-refractivity contribution >= 4 is 33.5 Å². The summed E-state index contributed by atoms with van der Waals surface area (Å²) in [5, 5.41) is 11.5. The van der Waals surface area contributed by atoms with Crippen LogP contribution in [0.5, 0.6) is 0 Å². The summed E-state index contributed by atoms with van der Waals surface area (Å²) in [5.74, 6) is 0.539. The Labute approximate surface area is 210 Å². The number of nitrogens with zero attached hydrogens (tertiary/aromatic N) is 3. The van der Waals surface area contributed by atoms with Gasteiger partial charge in [0.2, 0.25) is 5.91 Å². The Balaban J connectivity index is 1.28. The summed E-state index contributed by atoms with van der Waals surface area (Å²) >= 11 is 0. The first kappa shape index (κ1) is 21.4. The second-order valence-electron chi connectivity index (χ2n) is 9.35. The normalized spacial score (nSPS) is 13.3. The largest absolute Gasteiger partial charge is 0.337 e. The van der Waals surface area contributed by atoms with Crippen LogP contribution in [-0.4, -0.2) is 31.1 Å². The number of nitrogens with one attached hydrogen (secondary N) is 3. The quantitative estimate of drug-likeness (QED) is 0.264. The van der Waals surface area contributed by atoms with Crippen LogP contribution in [0.3, 0.4) is 0 Å². The number of H-pyrrole nitrogens is 2. The molecule has 37 heavy (non-hydrogen) atoms. The van der Waals surface area contributed by atoms with Crippen LogP contribution in [0.2, 0.25) is 0 Å². The highest BCUT2D eigenvalue weighted by Gasteiger charge is 2.29. The van der Waals surface area contributed by atoms with Gasteiger partial charge in [0.1, 0.15) is 11.5 Å². The number of aromatic nitrogens is 5. The Hall–Kier alpha value is -4.85. The third kappa shape index (κ3) is 3.92. The average Bonchev–Trinajstić information content (AvgIpc) is 3.55. The lowest BCUT2D eigenvalue weighted by Crippen LogP contribution is -2.13. The molecule has 7 nitrogen and oxygen atoms in total. The van der Waals surface area contributed by atoms with E-state index in [2.05, 4.69) is 25.5 Å². The van der Waals surface area contributed by atoms with Crippen molar-refractivity contribution in [1.29, 1.82) is 0 Å². The zero-order valence-electron chi connectivity index (χ0n) is 19.6. The van der Waals surface area contributed by atoms with E-state index in [1.807, 2.05) is 42.5 Å². The molecule has 3 heterocycles. The minimum absolute atomic E-state index is 0.0522. The Bertz CT molecular complexity index is 1800. The molecule has 0 aliphatic heterocycles. The van der Waals surface area contributed by atoms with Crippen molar-refractivity contribution in [2.45, 2.75) is 12.8 Å². The summed E-state index contributed by atoms with van der Waals surface area (Å²) in [4.78, 5) is 24.8. The summed E-state index contributed by atoms with van der Waals surface area (Å²) in [7, 11) is 0. The van der Waals surface area contributed by atoms with Crippen LogP contribution in [0.25, 0.3) is 55.7 Å². The van der Waals surface area contributed by atoms with E-state index in [1.165, 1.54) is 12.1 Å². The van der Waals surface area contributed by atoms with Gasteiger partial charge in [0.05, 0.1) is 28.4 Å². The first-order valence-electron chi connectivity index (χ1n) is 12.1. The minimum atomic E-state index is -0.275. The molecule has 0 unspecified atom stereocenters. The third-order valence-electron chi connectivity index (χ3n) is 6.74. The second kappa shape index (κ2) is 8.37. The number of aromatic amines is 2. The number of amides is 1. The molecule has 3 aromatic carbocycles. The first-order chi connectivity index (χ1) is 18.1. The highest BCUT2D eigenvalue weighted by atomic mass is 19.1. The molecule has 6 aromatic rings. The third-order valence-corrected chi connectivity index (χ3v) is 6.74. The number of para-hydroxylation sites is 1. The zero-order valence-corrected chi connectivity index (χ0v) is 19.6. The topological polar surface area (TPSA) is 99.3 Å². The van der Waals surface area contributed by atoms with Crippen LogP contribution in [0.4, 0.5) is 10.1 Å². The highest BCUT2D eigenvalue weighted by molar-refractivity contribution is 5.99. The van der Waals surface area contributed by atoms with E-state index in [4.69, 9.17) is 4.98 Å². The van der Waals surface area contributed by atoms with Crippen molar-refractivity contribution < 1.29 is 9.18 Å². The van der Waals surface area contributed by atoms with Crippen LogP contribution in [0.1, 0.15) is 12.8 Å². The SMILES string of the molecule is O=C(Nc1cncc(-c2ccc3[nH]nc(-c4nc5c(-c6ccc(F)cc6)cccc5[nH]4)c3c2)c1)C1CC1. The van der Waals surface area contributed by atoms with E-state index in [0.717, 1.165) is 57.0 Å². The van der Waals surface area contributed by atoms with E-state index >= 15 is 0 Å². The van der Waals surface area contributed by atoms with Gasteiger partial charge >= 0.3 is 0 Å². The van der Waals surface area contributed by atoms with Crippen LogP contribution < -0.4 is 5.32 Å². The molecule has 180 valence electrons. The maximum Gasteiger partial charge on any atom is 0.227 e. The molecule has 1 fully saturated rings. The van der Waals surface area contributed by atoms with Gasteiger partial charge in [0, 0.05) is 28.6 Å². The van der Waals surface area contributed by atoms with E-state index in [-0.39, 0.29) is 17.6 Å². The van der Waals surface area contributed by atoms with Crippen molar-refractivity contribution in [3.8, 4) is 33.8 Å². The molecule has 3 aromatic heterocycles. The fraction of sp³-hybridized carbons (Fsp3) is 0.103. The van der Waals surface area contributed by atoms with Crippen molar-refractivity contribution in [1.82, 2.24) is 25.1 Å². The fourth-order valence-electron chi connectivity index (χ4n) is 4.64. The maximum atomic E-state index is 13.5. The number of carbonyl (C=O) groups excluding carboxylic acids is 1. The fourth-order valence-corrected chi connectivity index (χ4v) is 4.64. The van der Waals surface area contributed by atoms with Crippen molar-refractivity contribution in [2.75, 3.05) is 5.32 Å². The van der Waals surface area contributed by atoms with Gasteiger partial charge in [-0.25, -0.2) is 9.37 Å². The van der Waals surface area contributed by atoms with Crippen molar-refractivity contribution in [3.63, 3.8) is 0 Å². The molecular weight excluding hydrogens is 467 g/mol. The summed E-state index contributed by atoms with van der Waals surface area (Å²) in [6.45, 7) is 0. The maximum absolute atomic E-state index is 13.5. The summed E-state index contributed by atoms with van der Waals surface area (Å²) in [6, 6.07) is 20.3. The molecule has 0 saturated heterocycles. The van der Waals surface area contributed by atoms with Gasteiger partial charge in [-0.3, -0.25) is 14.9 Å². The van der Waals surface area contributed by atoms with Crippen LogP contribution in [0, 0.1) is 11.7 Å². The van der Waals surface area contributed by atoms with Gasteiger partial charge in [-0.05, 0) is 60.4 Å². The molecule has 0 bridgehead atoms. The number of pyridine rings is 1. The van der Waals surface area contributed by atoms with E-state index in [1.54, 1.807) is 24.5 Å². The molecule has 0 atom stereocenters. The monoisotopic (exact) mass is 488 g/mol. The Kier molecular flexibility index (Phi) is 4.85. The number of fused-ring (bicyclic) bond motifs is 2. The molecule has 0 spiro atoms. The summed E-state index contributed by atoms with van der Waals surface area (Å²) in [6.07, 6.45) is 5.35. The smallest absolute Gasteiger partial charge is 0.227 e. The average molecular weight is 489 g/mol. The number of benzene rings is 3. The van der Waals surface area contributed by atoms with Crippen LogP contribution in [0.15, 0.2) is 79.1 Å². The first-order valence-corrected chi connectivity index (χ1v) is 12.1. The molecule has 1 aliphatic rings. The summed E-state index contributed by atoms with van der Waals surface area (Å²) < 4.78 is 13.5. The molecule has 1 saturated carbocycles. The lowest BCUT2D eigenvalue weighted by molar-refractivity contribution is -0.117. The summed E-state index contributed by atoms with van der Waals surface area (Å²) in [5.41, 5.74) is 7.57. The number of hydrogen-bond acceptors (Lipinski definition) is 4. The Morgan fingerprint density at radius 1 is 0.919 bits per heavy atom. The number of halogens is 1. The van der Waals surface area contributed by atoms with Gasteiger partial charge in [-0.1, -0.05) is 30.3 Å². The van der Waals surface area contributed by atoms with Gasteiger partial charge in [0.25, 0.3) is 0 Å². The number of rotatable bonds is 5. The second-order valence-corrected chi connectivity index (χ2v) is 9.35. The number of anilines is 1. The van der Waals surface area contributed by atoms with E-state index in [9.17, 15) is 9.18 Å². The number of imidazole rings is 1. The molecular formula is C29H21FN6O. The van der Waals surface area contributed by atoms with Gasteiger partial charge in [0.15, 0.2) is 5.82 Å². The number of hydrogen-bond donors (Lipinski definition) is 3. The van der Waals surface area contributed by atoms with Crippen LogP contribution >= 0.6 is 0 Å². The molecule has 0 radical (unpaired) electrons. The molecule has 7 rings (SSSR count).